The first-order valence-electron chi connectivity index (χ1n) is 9.85. The minimum absolute atomic E-state index is 0.470. The van der Waals surface area contributed by atoms with E-state index < -0.39 is 0 Å². The molecule has 1 fully saturated rings. The predicted octanol–water partition coefficient (Wildman–Crippen LogP) is 3.77. The van der Waals surface area contributed by atoms with Crippen LogP contribution in [0.3, 0.4) is 0 Å². The summed E-state index contributed by atoms with van der Waals surface area (Å²) in [5.74, 6) is 2.92. The van der Waals surface area contributed by atoms with E-state index in [1.165, 1.54) is 38.0 Å². The van der Waals surface area contributed by atoms with Crippen LogP contribution in [0.2, 0.25) is 0 Å². The summed E-state index contributed by atoms with van der Waals surface area (Å²) in [5, 5.41) is 11.3. The number of nitrogens with one attached hydrogen (secondary N) is 2. The summed E-state index contributed by atoms with van der Waals surface area (Å²) in [6, 6.07) is 2.20. The lowest BCUT2D eigenvalue weighted by atomic mass is 9.97. The fraction of sp³-hybridized carbons (Fsp3) is 0.750. The number of rotatable bonds is 8. The van der Waals surface area contributed by atoms with Crippen LogP contribution in [0.25, 0.3) is 0 Å². The molecule has 2 heterocycles. The van der Waals surface area contributed by atoms with Gasteiger partial charge in [-0.25, -0.2) is 0 Å². The molecule has 5 heteroatoms. The molecule has 1 saturated heterocycles. The fourth-order valence-electron chi connectivity index (χ4n) is 3.47. The summed E-state index contributed by atoms with van der Waals surface area (Å²) in [7, 11) is 0. The first-order valence-corrected chi connectivity index (χ1v) is 10.8. The summed E-state index contributed by atoms with van der Waals surface area (Å²) in [6.07, 6.45) is 2.65. The zero-order chi connectivity index (χ0) is 18.1. The third-order valence-corrected chi connectivity index (χ3v) is 5.47. The van der Waals surface area contributed by atoms with Gasteiger partial charge >= 0.3 is 0 Å². The molecule has 2 unspecified atom stereocenters. The molecule has 0 bridgehead atoms. The predicted molar refractivity (Wildman–Crippen MR) is 111 cm³/mol. The topological polar surface area (TPSA) is 39.7 Å². The van der Waals surface area contributed by atoms with Gasteiger partial charge in [-0.05, 0) is 60.5 Å². The summed E-state index contributed by atoms with van der Waals surface area (Å²) in [5.41, 5.74) is 1.39. The van der Waals surface area contributed by atoms with E-state index in [0.717, 1.165) is 37.4 Å². The summed E-state index contributed by atoms with van der Waals surface area (Å²) in [4.78, 5) is 7.43. The van der Waals surface area contributed by atoms with E-state index in [1.54, 1.807) is 11.3 Å². The van der Waals surface area contributed by atoms with Crippen molar-refractivity contribution in [3.63, 3.8) is 0 Å². The van der Waals surface area contributed by atoms with Crippen LogP contribution in [0.1, 0.15) is 52.0 Å². The SMILES string of the molecule is CCNC(=NCC(C)c1ccsc1)NCC1CCCN(CC(C)C)C1. The maximum absolute atomic E-state index is 4.81. The average Bonchev–Trinajstić information content (AvgIpc) is 3.11. The number of nitrogens with zero attached hydrogens (tertiary/aromatic N) is 2. The van der Waals surface area contributed by atoms with E-state index in [-0.39, 0.29) is 0 Å². The standard InChI is InChI=1S/C20H36N4S/c1-5-21-20(22-11-17(4)19-8-10-25-15-19)23-12-18-7-6-9-24(14-18)13-16(2)3/h8,10,15-18H,5-7,9,11-14H2,1-4H3,(H2,21,22,23). The second-order valence-electron chi connectivity index (χ2n) is 7.72. The number of aliphatic imine (C=N–C) groups is 1. The van der Waals surface area contributed by atoms with Gasteiger partial charge in [-0.15, -0.1) is 0 Å². The smallest absolute Gasteiger partial charge is 0.191 e. The molecule has 25 heavy (non-hydrogen) atoms. The van der Waals surface area contributed by atoms with Crippen LogP contribution < -0.4 is 10.6 Å². The van der Waals surface area contributed by atoms with E-state index in [9.17, 15) is 0 Å². The summed E-state index contributed by atoms with van der Waals surface area (Å²) < 4.78 is 0. The van der Waals surface area contributed by atoms with Crippen molar-refractivity contribution < 1.29 is 0 Å². The number of hydrogen-bond acceptors (Lipinski definition) is 3. The van der Waals surface area contributed by atoms with Gasteiger partial charge in [0.1, 0.15) is 0 Å². The van der Waals surface area contributed by atoms with Crippen molar-refractivity contribution in [2.75, 3.05) is 39.3 Å². The minimum Gasteiger partial charge on any atom is -0.357 e. The van der Waals surface area contributed by atoms with Crippen LogP contribution in [-0.4, -0.2) is 50.1 Å². The molecule has 2 rings (SSSR count). The fourth-order valence-corrected chi connectivity index (χ4v) is 4.25. The molecule has 1 aromatic rings. The van der Waals surface area contributed by atoms with Gasteiger partial charge in [-0.3, -0.25) is 4.99 Å². The van der Waals surface area contributed by atoms with Crippen LogP contribution >= 0.6 is 11.3 Å². The highest BCUT2D eigenvalue weighted by Crippen LogP contribution is 2.19. The zero-order valence-corrected chi connectivity index (χ0v) is 17.2. The average molecular weight is 365 g/mol. The second kappa shape index (κ2) is 10.8. The molecule has 2 atom stereocenters. The molecule has 142 valence electrons. The number of guanidine groups is 1. The Balaban J connectivity index is 1.81. The van der Waals surface area contributed by atoms with Crippen LogP contribution in [0.15, 0.2) is 21.8 Å². The molecule has 0 amide bonds. The van der Waals surface area contributed by atoms with Crippen LogP contribution in [0, 0.1) is 11.8 Å². The molecule has 2 N–H and O–H groups in total. The third-order valence-electron chi connectivity index (χ3n) is 4.76. The van der Waals surface area contributed by atoms with Crippen molar-refractivity contribution in [1.29, 1.82) is 0 Å². The van der Waals surface area contributed by atoms with Crippen LogP contribution in [0.5, 0.6) is 0 Å². The molecule has 1 aromatic heterocycles. The number of piperidine rings is 1. The quantitative estimate of drug-likeness (QED) is 0.545. The maximum atomic E-state index is 4.81. The largest absolute Gasteiger partial charge is 0.357 e. The Hall–Kier alpha value is -1.07. The van der Waals surface area contributed by atoms with Gasteiger partial charge in [-0.2, -0.15) is 11.3 Å². The van der Waals surface area contributed by atoms with E-state index in [2.05, 4.69) is 60.1 Å². The second-order valence-corrected chi connectivity index (χ2v) is 8.50. The Labute approximate surface area is 158 Å². The Morgan fingerprint density at radius 1 is 1.36 bits per heavy atom. The van der Waals surface area contributed by atoms with Crippen LogP contribution in [-0.2, 0) is 0 Å². The molecule has 0 aliphatic carbocycles. The van der Waals surface area contributed by atoms with E-state index in [1.807, 2.05) is 0 Å². The number of thiophene rings is 1. The van der Waals surface area contributed by atoms with E-state index >= 15 is 0 Å². The minimum atomic E-state index is 0.470. The first-order chi connectivity index (χ1) is 12.1. The molecule has 1 aliphatic heterocycles. The lowest BCUT2D eigenvalue weighted by Gasteiger charge is -2.34. The first kappa shape index (κ1) is 20.2. The maximum Gasteiger partial charge on any atom is 0.191 e. The Bertz CT molecular complexity index is 498. The highest BCUT2D eigenvalue weighted by Gasteiger charge is 2.20. The van der Waals surface area contributed by atoms with Crippen LogP contribution in [0.4, 0.5) is 0 Å². The Kier molecular flexibility index (Phi) is 8.76. The number of hydrogen-bond donors (Lipinski definition) is 2. The summed E-state index contributed by atoms with van der Waals surface area (Å²) in [6.45, 7) is 15.5. The van der Waals surface area contributed by atoms with Gasteiger partial charge in [0.25, 0.3) is 0 Å². The van der Waals surface area contributed by atoms with Gasteiger partial charge in [0.15, 0.2) is 5.96 Å². The van der Waals surface area contributed by atoms with E-state index in [0.29, 0.717) is 5.92 Å². The monoisotopic (exact) mass is 364 g/mol. The molecule has 0 saturated carbocycles. The molecular formula is C20H36N4S. The van der Waals surface area contributed by atoms with Gasteiger partial charge in [0, 0.05) is 38.6 Å². The molecule has 1 aliphatic rings. The highest BCUT2D eigenvalue weighted by molar-refractivity contribution is 7.07. The zero-order valence-electron chi connectivity index (χ0n) is 16.4. The van der Waals surface area contributed by atoms with Crippen molar-refractivity contribution in [3.8, 4) is 0 Å². The molecular weight excluding hydrogens is 328 g/mol. The van der Waals surface area contributed by atoms with Crippen molar-refractivity contribution in [3.05, 3.63) is 22.4 Å². The van der Waals surface area contributed by atoms with E-state index in [4.69, 9.17) is 4.99 Å². The molecule has 0 radical (unpaired) electrons. The van der Waals surface area contributed by atoms with Gasteiger partial charge < -0.3 is 15.5 Å². The summed E-state index contributed by atoms with van der Waals surface area (Å²) >= 11 is 1.76. The van der Waals surface area contributed by atoms with Crippen molar-refractivity contribution in [2.45, 2.75) is 46.5 Å². The molecule has 0 aromatic carbocycles. The van der Waals surface area contributed by atoms with Crippen molar-refractivity contribution in [1.82, 2.24) is 15.5 Å². The molecule has 0 spiro atoms. The number of likely N-dealkylation sites (tertiary alicyclic amines) is 1. The Morgan fingerprint density at radius 3 is 2.88 bits per heavy atom. The van der Waals surface area contributed by atoms with Crippen molar-refractivity contribution >= 4 is 17.3 Å². The highest BCUT2D eigenvalue weighted by atomic mass is 32.1. The van der Waals surface area contributed by atoms with Gasteiger partial charge in [-0.1, -0.05) is 20.8 Å². The lowest BCUT2D eigenvalue weighted by Crippen LogP contribution is -2.45. The van der Waals surface area contributed by atoms with Gasteiger partial charge in [0.2, 0.25) is 0 Å². The normalized spacial score (nSPS) is 20.7. The Morgan fingerprint density at radius 2 is 2.20 bits per heavy atom. The lowest BCUT2D eigenvalue weighted by molar-refractivity contribution is 0.159. The molecule has 4 nitrogen and oxygen atoms in total. The van der Waals surface area contributed by atoms with Gasteiger partial charge in [0.05, 0.1) is 0 Å². The third kappa shape index (κ3) is 7.37. The van der Waals surface area contributed by atoms with Crippen molar-refractivity contribution in [2.24, 2.45) is 16.8 Å².